The van der Waals surface area contributed by atoms with Crippen LogP contribution in [-0.4, -0.2) is 41.0 Å². The number of esters is 1. The van der Waals surface area contributed by atoms with E-state index in [1.807, 2.05) is 11.0 Å². The zero-order valence-corrected chi connectivity index (χ0v) is 13.7. The Morgan fingerprint density at radius 3 is 2.91 bits per heavy atom. The smallest absolute Gasteiger partial charge is 0.306 e. The Bertz CT molecular complexity index is 530. The number of nitrogens with zero attached hydrogens (tertiary/aromatic N) is 2. The first-order valence-electron chi connectivity index (χ1n) is 8.25. The number of piperidine rings is 1. The first kappa shape index (κ1) is 17.2. The summed E-state index contributed by atoms with van der Waals surface area (Å²) in [6.45, 7) is 2.70. The highest BCUT2D eigenvalue weighted by molar-refractivity contribution is 5.81. The molecule has 1 aliphatic heterocycles. The molecule has 1 atom stereocenters. The third kappa shape index (κ3) is 5.23. The molecule has 0 radical (unpaired) electrons. The number of likely N-dealkylation sites (tertiary alicyclic amines) is 1. The van der Waals surface area contributed by atoms with Gasteiger partial charge in [-0.15, -0.1) is 0 Å². The Balaban J connectivity index is 1.73. The first-order valence-corrected chi connectivity index (χ1v) is 8.25. The van der Waals surface area contributed by atoms with Crippen LogP contribution in [0.3, 0.4) is 0 Å². The minimum absolute atomic E-state index is 0.0842. The molecule has 1 amide bonds. The van der Waals surface area contributed by atoms with Gasteiger partial charge in [0, 0.05) is 25.2 Å². The molecule has 2 rings (SSSR count). The summed E-state index contributed by atoms with van der Waals surface area (Å²) in [5.41, 5.74) is 6.43. The van der Waals surface area contributed by atoms with E-state index in [0.717, 1.165) is 37.8 Å². The Morgan fingerprint density at radius 2 is 2.22 bits per heavy atom. The standard InChI is InChI=1S/C17H25N3O3/c1-2-14-5-3-4-10-20(14)16(21)12-23-17(22)9-7-13-6-8-15(18)19-11-13/h6,8,11,14H,2-5,7,9-10,12H2,1H3,(H2,18,19)/t14-/m1/s1. The lowest BCUT2D eigenvalue weighted by atomic mass is 10.00. The number of nitrogen functional groups attached to an aromatic ring is 1. The lowest BCUT2D eigenvalue weighted by molar-refractivity contribution is -0.153. The second kappa shape index (κ2) is 8.50. The van der Waals surface area contributed by atoms with Gasteiger partial charge >= 0.3 is 5.97 Å². The van der Waals surface area contributed by atoms with E-state index in [0.29, 0.717) is 12.2 Å². The molecule has 1 saturated heterocycles. The van der Waals surface area contributed by atoms with Gasteiger partial charge in [-0.05, 0) is 43.7 Å². The van der Waals surface area contributed by atoms with Crippen molar-refractivity contribution < 1.29 is 14.3 Å². The molecule has 1 aliphatic rings. The highest BCUT2D eigenvalue weighted by Gasteiger charge is 2.25. The number of rotatable bonds is 6. The van der Waals surface area contributed by atoms with Crippen LogP contribution in [0.5, 0.6) is 0 Å². The van der Waals surface area contributed by atoms with E-state index in [1.165, 1.54) is 0 Å². The van der Waals surface area contributed by atoms with Gasteiger partial charge in [0.2, 0.25) is 0 Å². The molecule has 0 unspecified atom stereocenters. The number of ether oxygens (including phenoxy) is 1. The molecule has 6 nitrogen and oxygen atoms in total. The molecular formula is C17H25N3O3. The van der Waals surface area contributed by atoms with Crippen molar-refractivity contribution in [1.82, 2.24) is 9.88 Å². The van der Waals surface area contributed by atoms with Crippen molar-refractivity contribution in [2.75, 3.05) is 18.9 Å². The summed E-state index contributed by atoms with van der Waals surface area (Å²) in [4.78, 5) is 29.8. The van der Waals surface area contributed by atoms with Crippen molar-refractivity contribution in [3.8, 4) is 0 Å². The fourth-order valence-electron chi connectivity index (χ4n) is 2.88. The molecule has 0 aliphatic carbocycles. The molecule has 1 aromatic heterocycles. The molecule has 2 N–H and O–H groups in total. The van der Waals surface area contributed by atoms with Crippen molar-refractivity contribution in [2.24, 2.45) is 0 Å². The number of hydrogen-bond donors (Lipinski definition) is 1. The Kier molecular flexibility index (Phi) is 6.38. The molecule has 0 bridgehead atoms. The van der Waals surface area contributed by atoms with Gasteiger partial charge in [0.25, 0.3) is 5.91 Å². The van der Waals surface area contributed by atoms with E-state index >= 15 is 0 Å². The van der Waals surface area contributed by atoms with Crippen LogP contribution in [0.1, 0.15) is 44.6 Å². The second-order valence-corrected chi connectivity index (χ2v) is 5.90. The van der Waals surface area contributed by atoms with Gasteiger partial charge in [-0.3, -0.25) is 9.59 Å². The largest absolute Gasteiger partial charge is 0.456 e. The molecule has 0 saturated carbocycles. The number of aryl methyl sites for hydroxylation is 1. The van der Waals surface area contributed by atoms with Crippen LogP contribution >= 0.6 is 0 Å². The predicted molar refractivity (Wildman–Crippen MR) is 87.6 cm³/mol. The summed E-state index contributed by atoms with van der Waals surface area (Å²) in [6.07, 6.45) is 6.59. The van der Waals surface area contributed by atoms with E-state index in [9.17, 15) is 9.59 Å². The van der Waals surface area contributed by atoms with Gasteiger partial charge in [0.15, 0.2) is 6.61 Å². The maximum absolute atomic E-state index is 12.2. The van der Waals surface area contributed by atoms with Crippen molar-refractivity contribution in [3.05, 3.63) is 23.9 Å². The minimum Gasteiger partial charge on any atom is -0.456 e. The second-order valence-electron chi connectivity index (χ2n) is 5.90. The number of aromatic nitrogens is 1. The average Bonchev–Trinajstić information content (AvgIpc) is 2.59. The molecule has 6 heteroatoms. The predicted octanol–water partition coefficient (Wildman–Crippen LogP) is 1.93. The Labute approximate surface area is 137 Å². The zero-order valence-electron chi connectivity index (χ0n) is 13.7. The van der Waals surface area contributed by atoms with Crippen LogP contribution in [0.4, 0.5) is 5.82 Å². The maximum Gasteiger partial charge on any atom is 0.306 e. The molecule has 126 valence electrons. The highest BCUT2D eigenvalue weighted by Crippen LogP contribution is 2.19. The average molecular weight is 319 g/mol. The molecule has 1 fully saturated rings. The zero-order chi connectivity index (χ0) is 16.7. The number of carbonyl (C=O) groups excluding carboxylic acids is 2. The van der Waals surface area contributed by atoms with Gasteiger partial charge in [-0.1, -0.05) is 13.0 Å². The van der Waals surface area contributed by atoms with E-state index in [1.54, 1.807) is 12.3 Å². The van der Waals surface area contributed by atoms with E-state index in [2.05, 4.69) is 11.9 Å². The van der Waals surface area contributed by atoms with Crippen molar-refractivity contribution in [3.63, 3.8) is 0 Å². The first-order chi connectivity index (χ1) is 11.1. The summed E-state index contributed by atoms with van der Waals surface area (Å²) in [7, 11) is 0. The Hall–Kier alpha value is -2.11. The summed E-state index contributed by atoms with van der Waals surface area (Å²) in [5.74, 6) is 0.00761. The minimum atomic E-state index is -0.361. The van der Waals surface area contributed by atoms with Crippen LogP contribution < -0.4 is 5.73 Å². The van der Waals surface area contributed by atoms with Gasteiger partial charge < -0.3 is 15.4 Å². The number of carbonyl (C=O) groups is 2. The van der Waals surface area contributed by atoms with Crippen molar-refractivity contribution >= 4 is 17.7 Å². The topological polar surface area (TPSA) is 85.5 Å². The van der Waals surface area contributed by atoms with Gasteiger partial charge in [-0.2, -0.15) is 0 Å². The van der Waals surface area contributed by atoms with E-state index in [-0.39, 0.29) is 30.9 Å². The molecule has 0 aromatic carbocycles. The number of anilines is 1. The number of nitrogens with two attached hydrogens (primary N) is 1. The lowest BCUT2D eigenvalue weighted by Crippen LogP contribution is -2.45. The molecule has 23 heavy (non-hydrogen) atoms. The van der Waals surface area contributed by atoms with Gasteiger partial charge in [0.1, 0.15) is 5.82 Å². The number of amides is 1. The SMILES string of the molecule is CC[C@@H]1CCCCN1C(=O)COC(=O)CCc1ccc(N)nc1. The van der Waals surface area contributed by atoms with Gasteiger partial charge in [0.05, 0.1) is 0 Å². The molecule has 1 aromatic rings. The van der Waals surface area contributed by atoms with Crippen LogP contribution in [0, 0.1) is 0 Å². The van der Waals surface area contributed by atoms with Crippen molar-refractivity contribution in [2.45, 2.75) is 51.5 Å². The molecule has 0 spiro atoms. The number of pyridine rings is 1. The van der Waals surface area contributed by atoms with Crippen LogP contribution in [-0.2, 0) is 20.7 Å². The normalized spacial score (nSPS) is 17.8. The molecular weight excluding hydrogens is 294 g/mol. The van der Waals surface area contributed by atoms with Crippen LogP contribution in [0.25, 0.3) is 0 Å². The molecule has 2 heterocycles. The summed E-state index contributed by atoms with van der Waals surface area (Å²) >= 11 is 0. The lowest BCUT2D eigenvalue weighted by Gasteiger charge is -2.35. The summed E-state index contributed by atoms with van der Waals surface area (Å²) < 4.78 is 5.12. The highest BCUT2D eigenvalue weighted by atomic mass is 16.5. The van der Waals surface area contributed by atoms with Crippen LogP contribution in [0.15, 0.2) is 18.3 Å². The van der Waals surface area contributed by atoms with Gasteiger partial charge in [-0.25, -0.2) is 4.98 Å². The van der Waals surface area contributed by atoms with E-state index in [4.69, 9.17) is 10.5 Å². The van der Waals surface area contributed by atoms with Crippen LogP contribution in [0.2, 0.25) is 0 Å². The monoisotopic (exact) mass is 319 g/mol. The van der Waals surface area contributed by atoms with E-state index < -0.39 is 0 Å². The quantitative estimate of drug-likeness (QED) is 0.810. The fraction of sp³-hybridized carbons (Fsp3) is 0.588. The summed E-state index contributed by atoms with van der Waals surface area (Å²) in [5, 5.41) is 0. The Morgan fingerprint density at radius 1 is 1.39 bits per heavy atom. The fourth-order valence-corrected chi connectivity index (χ4v) is 2.88. The third-order valence-electron chi connectivity index (χ3n) is 4.24. The third-order valence-corrected chi connectivity index (χ3v) is 4.24. The maximum atomic E-state index is 12.2. The number of hydrogen-bond acceptors (Lipinski definition) is 5. The van der Waals surface area contributed by atoms with Crippen molar-refractivity contribution in [1.29, 1.82) is 0 Å². The summed E-state index contributed by atoms with van der Waals surface area (Å²) in [6, 6.07) is 3.82.